The molecule has 0 fully saturated rings. The van der Waals surface area contributed by atoms with Crippen LogP contribution in [0.15, 0.2) is 29.8 Å². The van der Waals surface area contributed by atoms with E-state index in [0.29, 0.717) is 10.6 Å². The maximum absolute atomic E-state index is 12.8. The quantitative estimate of drug-likeness (QED) is 0.795. The normalized spacial score (nSPS) is 10.3. The van der Waals surface area contributed by atoms with Crippen molar-refractivity contribution in [2.75, 3.05) is 18.6 Å². The van der Waals surface area contributed by atoms with E-state index in [2.05, 4.69) is 9.72 Å². The number of anilines is 1. The van der Waals surface area contributed by atoms with Crippen LogP contribution in [-0.2, 0) is 9.53 Å². The third kappa shape index (κ3) is 3.51. The highest BCUT2D eigenvalue weighted by Crippen LogP contribution is 2.24. The molecule has 0 unspecified atom stereocenters. The number of carbonyl (C=O) groups excluding carboxylic acids is 2. The minimum atomic E-state index is -0.340. The maximum Gasteiger partial charge on any atom is 0.307 e. The lowest BCUT2D eigenvalue weighted by Crippen LogP contribution is -2.33. The van der Waals surface area contributed by atoms with Gasteiger partial charge in [-0.3, -0.25) is 9.59 Å². The molecule has 2 aromatic rings. The molecule has 0 saturated heterocycles. The standard InChI is InChI=1S/C16H18N2O3S/c1-11-6-4-5-7-13(11)18(9-8-14(19)21-3)16(20)15-12(2)17-10-22-15/h4-7,10H,8-9H2,1-3H3. The van der Waals surface area contributed by atoms with Crippen LogP contribution in [0.3, 0.4) is 0 Å². The Labute approximate surface area is 133 Å². The summed E-state index contributed by atoms with van der Waals surface area (Å²) in [5.74, 6) is -0.481. The Hall–Kier alpha value is -2.21. The molecule has 5 nitrogen and oxygen atoms in total. The Kier molecular flexibility index (Phi) is 5.27. The van der Waals surface area contributed by atoms with Gasteiger partial charge in [0.2, 0.25) is 0 Å². The van der Waals surface area contributed by atoms with E-state index in [9.17, 15) is 9.59 Å². The summed E-state index contributed by atoms with van der Waals surface area (Å²) in [6, 6.07) is 7.61. The number of thiazole rings is 1. The van der Waals surface area contributed by atoms with Crippen LogP contribution in [0.25, 0.3) is 0 Å². The van der Waals surface area contributed by atoms with Gasteiger partial charge < -0.3 is 9.64 Å². The van der Waals surface area contributed by atoms with Crippen LogP contribution >= 0.6 is 11.3 Å². The van der Waals surface area contributed by atoms with Crippen LogP contribution in [0.4, 0.5) is 5.69 Å². The molecule has 0 aliphatic carbocycles. The van der Waals surface area contributed by atoms with Crippen LogP contribution < -0.4 is 4.90 Å². The van der Waals surface area contributed by atoms with E-state index in [0.717, 1.165) is 11.3 Å². The number of carbonyl (C=O) groups is 2. The fraction of sp³-hybridized carbons (Fsp3) is 0.312. The third-order valence-corrected chi connectivity index (χ3v) is 4.27. The van der Waals surface area contributed by atoms with Gasteiger partial charge in [-0.1, -0.05) is 18.2 Å². The highest BCUT2D eigenvalue weighted by atomic mass is 32.1. The van der Waals surface area contributed by atoms with Gasteiger partial charge in [-0.05, 0) is 25.5 Å². The number of hydrogen-bond donors (Lipinski definition) is 0. The fourth-order valence-electron chi connectivity index (χ4n) is 2.13. The molecule has 0 aliphatic rings. The molecule has 0 spiro atoms. The number of benzene rings is 1. The van der Waals surface area contributed by atoms with E-state index in [1.807, 2.05) is 31.2 Å². The van der Waals surface area contributed by atoms with Crippen molar-refractivity contribution in [2.45, 2.75) is 20.3 Å². The summed E-state index contributed by atoms with van der Waals surface area (Å²) in [5, 5.41) is 0. The van der Waals surface area contributed by atoms with Crippen molar-refractivity contribution in [2.24, 2.45) is 0 Å². The summed E-state index contributed by atoms with van der Waals surface area (Å²) >= 11 is 1.31. The number of amides is 1. The molecule has 1 aromatic carbocycles. The molecule has 116 valence electrons. The summed E-state index contributed by atoms with van der Waals surface area (Å²) in [5.41, 5.74) is 4.12. The summed E-state index contributed by atoms with van der Waals surface area (Å²) in [6.07, 6.45) is 0.147. The summed E-state index contributed by atoms with van der Waals surface area (Å²) in [6.45, 7) is 4.01. The van der Waals surface area contributed by atoms with Crippen molar-refractivity contribution in [1.82, 2.24) is 4.98 Å². The fourth-order valence-corrected chi connectivity index (χ4v) is 2.88. The van der Waals surface area contributed by atoms with E-state index in [1.54, 1.807) is 17.3 Å². The Morgan fingerprint density at radius 3 is 2.59 bits per heavy atom. The smallest absolute Gasteiger partial charge is 0.307 e. The molecule has 1 aromatic heterocycles. The first-order valence-corrected chi connectivity index (χ1v) is 7.77. The van der Waals surface area contributed by atoms with Gasteiger partial charge in [-0.25, -0.2) is 4.98 Å². The van der Waals surface area contributed by atoms with Crippen LogP contribution in [0, 0.1) is 13.8 Å². The topological polar surface area (TPSA) is 59.5 Å². The summed E-state index contributed by atoms with van der Waals surface area (Å²) in [7, 11) is 1.34. The number of methoxy groups -OCH3 is 1. The van der Waals surface area contributed by atoms with Crippen molar-refractivity contribution in [3.63, 3.8) is 0 Å². The van der Waals surface area contributed by atoms with Gasteiger partial charge in [-0.15, -0.1) is 11.3 Å². The van der Waals surface area contributed by atoms with Crippen LogP contribution in [0.5, 0.6) is 0 Å². The SMILES string of the molecule is COC(=O)CCN(C(=O)c1scnc1C)c1ccccc1C. The first kappa shape index (κ1) is 16.2. The van der Waals surface area contributed by atoms with Crippen molar-refractivity contribution >= 4 is 28.9 Å². The van der Waals surface area contributed by atoms with Gasteiger partial charge >= 0.3 is 5.97 Å². The van der Waals surface area contributed by atoms with Gasteiger partial charge in [0, 0.05) is 12.2 Å². The molecule has 0 radical (unpaired) electrons. The molecule has 0 N–H and O–H groups in total. The molecule has 0 saturated carbocycles. The molecule has 2 rings (SSSR count). The van der Waals surface area contributed by atoms with Crippen molar-refractivity contribution < 1.29 is 14.3 Å². The second-order valence-corrected chi connectivity index (χ2v) is 5.69. The zero-order valence-corrected chi connectivity index (χ0v) is 13.6. The average molecular weight is 318 g/mol. The predicted molar refractivity (Wildman–Crippen MR) is 86.3 cm³/mol. The zero-order chi connectivity index (χ0) is 16.1. The minimum Gasteiger partial charge on any atom is -0.469 e. The minimum absolute atomic E-state index is 0.141. The van der Waals surface area contributed by atoms with Gasteiger partial charge in [0.15, 0.2) is 0 Å². The van der Waals surface area contributed by atoms with Crippen LogP contribution in [0.1, 0.15) is 27.3 Å². The third-order valence-electron chi connectivity index (χ3n) is 3.36. The van der Waals surface area contributed by atoms with Gasteiger partial charge in [0.25, 0.3) is 5.91 Å². The summed E-state index contributed by atoms with van der Waals surface area (Å²) in [4.78, 5) is 30.6. The molecule has 0 atom stereocenters. The highest BCUT2D eigenvalue weighted by Gasteiger charge is 2.23. The number of ether oxygens (including phenoxy) is 1. The van der Waals surface area contributed by atoms with Crippen LogP contribution in [0.2, 0.25) is 0 Å². The maximum atomic E-state index is 12.8. The second-order valence-electron chi connectivity index (χ2n) is 4.84. The zero-order valence-electron chi connectivity index (χ0n) is 12.8. The largest absolute Gasteiger partial charge is 0.469 e. The number of para-hydroxylation sites is 1. The van der Waals surface area contributed by atoms with Gasteiger partial charge in [0.1, 0.15) is 4.88 Å². The van der Waals surface area contributed by atoms with E-state index in [1.165, 1.54) is 18.4 Å². The Bertz CT molecular complexity index is 682. The molecule has 22 heavy (non-hydrogen) atoms. The molecule has 0 aliphatic heterocycles. The molecular formula is C16H18N2O3S. The van der Waals surface area contributed by atoms with E-state index in [-0.39, 0.29) is 24.8 Å². The second kappa shape index (κ2) is 7.17. The Morgan fingerprint density at radius 2 is 2.00 bits per heavy atom. The number of aromatic nitrogens is 1. The van der Waals surface area contributed by atoms with E-state index in [4.69, 9.17) is 0 Å². The lowest BCUT2D eigenvalue weighted by molar-refractivity contribution is -0.140. The van der Waals surface area contributed by atoms with Crippen LogP contribution in [-0.4, -0.2) is 30.5 Å². The molecule has 6 heteroatoms. The van der Waals surface area contributed by atoms with E-state index < -0.39 is 0 Å². The Balaban J connectivity index is 2.33. The lowest BCUT2D eigenvalue weighted by Gasteiger charge is -2.23. The van der Waals surface area contributed by atoms with Crippen molar-refractivity contribution in [3.8, 4) is 0 Å². The number of esters is 1. The lowest BCUT2D eigenvalue weighted by atomic mass is 10.1. The monoisotopic (exact) mass is 318 g/mol. The van der Waals surface area contributed by atoms with Gasteiger partial charge in [0.05, 0.1) is 24.7 Å². The molecule has 1 amide bonds. The number of rotatable bonds is 5. The van der Waals surface area contributed by atoms with E-state index >= 15 is 0 Å². The molecule has 0 bridgehead atoms. The number of aryl methyl sites for hydroxylation is 2. The van der Waals surface area contributed by atoms with Crippen molar-refractivity contribution in [3.05, 3.63) is 45.9 Å². The molecule has 1 heterocycles. The predicted octanol–water partition coefficient (Wildman–Crippen LogP) is 2.97. The van der Waals surface area contributed by atoms with Crippen molar-refractivity contribution in [1.29, 1.82) is 0 Å². The molecular weight excluding hydrogens is 300 g/mol. The first-order chi connectivity index (χ1) is 10.5. The first-order valence-electron chi connectivity index (χ1n) is 6.89. The van der Waals surface area contributed by atoms with Gasteiger partial charge in [-0.2, -0.15) is 0 Å². The highest BCUT2D eigenvalue weighted by molar-refractivity contribution is 7.12. The average Bonchev–Trinajstić information content (AvgIpc) is 2.94. The summed E-state index contributed by atoms with van der Waals surface area (Å²) < 4.78 is 4.67. The Morgan fingerprint density at radius 1 is 1.27 bits per heavy atom. The number of nitrogens with zero attached hydrogens (tertiary/aromatic N) is 2. The number of hydrogen-bond acceptors (Lipinski definition) is 5.